The van der Waals surface area contributed by atoms with E-state index in [9.17, 15) is 13.6 Å². The Morgan fingerprint density at radius 2 is 2.07 bits per heavy atom. The Labute approximate surface area is 187 Å². The lowest BCUT2D eigenvalue weighted by atomic mass is 10.1. The summed E-state index contributed by atoms with van der Waals surface area (Å²) in [5, 5.41) is 2.74. The number of carbonyl (C=O) groups is 1. The molecule has 0 aliphatic carbocycles. The van der Waals surface area contributed by atoms with Crippen molar-refractivity contribution in [2.24, 2.45) is 5.73 Å². The van der Waals surface area contributed by atoms with Crippen molar-refractivity contribution in [2.45, 2.75) is 38.6 Å². The number of carbonyl (C=O) groups excluding carboxylic acids is 1. The van der Waals surface area contributed by atoms with Crippen LogP contribution in [0.4, 0.5) is 20.2 Å². The lowest BCUT2D eigenvalue weighted by molar-refractivity contribution is -0.139. The predicted molar refractivity (Wildman–Crippen MR) is 117 cm³/mol. The lowest BCUT2D eigenvalue weighted by Crippen LogP contribution is -2.21. The van der Waals surface area contributed by atoms with Gasteiger partial charge in [-0.25, -0.2) is 8.78 Å². The molecule has 0 saturated carbocycles. The van der Waals surface area contributed by atoms with Crippen LogP contribution in [0.5, 0.6) is 5.75 Å². The standard InChI is InChI=1S/C21H23F2IN2O4/c1-21(2)29-11-14(30-21)4-3-7-28-18-9-12(22)8-17(19(18)20(25)27)26-16-6-5-13(24)10-15(16)23/h5-6,8-10,14,26H,3-4,7,11H2,1-2H3,(H2,25,27)/t14-/m0/s1. The fourth-order valence-corrected chi connectivity index (χ4v) is 3.64. The van der Waals surface area contributed by atoms with Gasteiger partial charge < -0.3 is 25.3 Å². The zero-order valence-electron chi connectivity index (χ0n) is 16.6. The molecule has 0 radical (unpaired) electrons. The summed E-state index contributed by atoms with van der Waals surface area (Å²) >= 11 is 1.98. The van der Waals surface area contributed by atoms with E-state index in [0.717, 1.165) is 12.1 Å². The average molecular weight is 532 g/mol. The van der Waals surface area contributed by atoms with Crippen molar-refractivity contribution in [3.63, 3.8) is 0 Å². The molecule has 0 unspecified atom stereocenters. The number of ether oxygens (including phenoxy) is 3. The molecule has 1 atom stereocenters. The molecule has 0 spiro atoms. The molecular formula is C21H23F2IN2O4. The molecule has 1 amide bonds. The first-order valence-electron chi connectivity index (χ1n) is 9.44. The summed E-state index contributed by atoms with van der Waals surface area (Å²) in [5.41, 5.74) is 5.58. The van der Waals surface area contributed by atoms with Gasteiger partial charge in [-0.05, 0) is 73.5 Å². The molecule has 1 saturated heterocycles. The number of nitrogens with one attached hydrogen (secondary N) is 1. The second-order valence-electron chi connectivity index (χ2n) is 7.38. The fraction of sp³-hybridized carbons (Fsp3) is 0.381. The molecule has 1 fully saturated rings. The van der Waals surface area contributed by atoms with Crippen molar-refractivity contribution < 1.29 is 27.8 Å². The van der Waals surface area contributed by atoms with Crippen LogP contribution in [0, 0.1) is 15.2 Å². The van der Waals surface area contributed by atoms with Crippen LogP contribution in [0.1, 0.15) is 37.0 Å². The van der Waals surface area contributed by atoms with Crippen LogP contribution >= 0.6 is 22.6 Å². The van der Waals surface area contributed by atoms with E-state index in [4.69, 9.17) is 19.9 Å². The van der Waals surface area contributed by atoms with Crippen LogP contribution in [0.25, 0.3) is 0 Å². The minimum atomic E-state index is -0.812. The number of anilines is 2. The van der Waals surface area contributed by atoms with Crippen LogP contribution in [0.15, 0.2) is 30.3 Å². The summed E-state index contributed by atoms with van der Waals surface area (Å²) in [5.74, 6) is -2.59. The molecule has 3 N–H and O–H groups in total. The van der Waals surface area contributed by atoms with Gasteiger partial charge in [-0.1, -0.05) is 0 Å². The summed E-state index contributed by atoms with van der Waals surface area (Å²) in [7, 11) is 0. The van der Waals surface area contributed by atoms with Crippen LogP contribution in [0.3, 0.4) is 0 Å². The summed E-state index contributed by atoms with van der Waals surface area (Å²) in [4.78, 5) is 12.0. The van der Waals surface area contributed by atoms with Crippen molar-refractivity contribution >= 4 is 39.9 Å². The fourth-order valence-electron chi connectivity index (χ4n) is 3.18. The highest BCUT2D eigenvalue weighted by Crippen LogP contribution is 2.32. The van der Waals surface area contributed by atoms with Gasteiger partial charge >= 0.3 is 0 Å². The Balaban J connectivity index is 1.72. The molecular weight excluding hydrogens is 509 g/mol. The molecule has 0 bridgehead atoms. The second-order valence-corrected chi connectivity index (χ2v) is 8.63. The third kappa shape index (κ3) is 5.79. The maximum absolute atomic E-state index is 14.2. The summed E-state index contributed by atoms with van der Waals surface area (Å²) in [6.45, 7) is 4.41. The van der Waals surface area contributed by atoms with E-state index < -0.39 is 23.3 Å². The predicted octanol–water partition coefficient (Wildman–Crippen LogP) is 4.72. The number of primary amides is 1. The molecule has 6 nitrogen and oxygen atoms in total. The van der Waals surface area contributed by atoms with Gasteiger partial charge in [0, 0.05) is 9.64 Å². The Hall–Kier alpha value is -1.98. The van der Waals surface area contributed by atoms with E-state index in [1.54, 1.807) is 6.07 Å². The highest BCUT2D eigenvalue weighted by molar-refractivity contribution is 14.1. The molecule has 9 heteroatoms. The van der Waals surface area contributed by atoms with Gasteiger partial charge in [0.2, 0.25) is 0 Å². The summed E-state index contributed by atoms with van der Waals surface area (Å²) < 4.78 is 46.0. The van der Waals surface area contributed by atoms with Gasteiger partial charge in [0.05, 0.1) is 30.7 Å². The normalized spacial score (nSPS) is 17.7. The summed E-state index contributed by atoms with van der Waals surface area (Å²) in [6, 6.07) is 6.67. The number of hydrogen-bond acceptors (Lipinski definition) is 5. The van der Waals surface area contributed by atoms with E-state index in [0.29, 0.717) is 23.0 Å². The van der Waals surface area contributed by atoms with Crippen LogP contribution < -0.4 is 15.8 Å². The quantitative estimate of drug-likeness (QED) is 0.380. The monoisotopic (exact) mass is 532 g/mol. The number of rotatable bonds is 8. The smallest absolute Gasteiger partial charge is 0.254 e. The SMILES string of the molecule is CC1(C)OC[C@H](CCCOc2cc(F)cc(Nc3ccc(I)cc3F)c2C(N)=O)O1. The number of nitrogens with two attached hydrogens (primary N) is 1. The minimum absolute atomic E-state index is 0.000148. The topological polar surface area (TPSA) is 82.8 Å². The van der Waals surface area contributed by atoms with Gasteiger partial charge in [-0.2, -0.15) is 0 Å². The molecule has 30 heavy (non-hydrogen) atoms. The Morgan fingerprint density at radius 3 is 2.70 bits per heavy atom. The number of hydrogen-bond donors (Lipinski definition) is 2. The third-order valence-corrected chi connectivity index (χ3v) is 5.18. The van der Waals surface area contributed by atoms with E-state index >= 15 is 0 Å². The molecule has 1 heterocycles. The Kier molecular flexibility index (Phi) is 7.14. The lowest BCUT2D eigenvalue weighted by Gasteiger charge is -2.18. The molecule has 162 valence electrons. The number of amides is 1. The van der Waals surface area contributed by atoms with Crippen molar-refractivity contribution in [3.05, 3.63) is 51.1 Å². The molecule has 1 aliphatic heterocycles. The van der Waals surface area contributed by atoms with Gasteiger partial charge in [0.15, 0.2) is 5.79 Å². The van der Waals surface area contributed by atoms with Gasteiger partial charge in [0.25, 0.3) is 5.91 Å². The van der Waals surface area contributed by atoms with Gasteiger partial charge in [0.1, 0.15) is 22.9 Å². The number of benzene rings is 2. The Bertz CT molecular complexity index is 939. The molecule has 3 rings (SSSR count). The maximum Gasteiger partial charge on any atom is 0.254 e. The first-order chi connectivity index (χ1) is 14.1. The van der Waals surface area contributed by atoms with Crippen LogP contribution in [-0.4, -0.2) is 31.0 Å². The highest BCUT2D eigenvalue weighted by atomic mass is 127. The van der Waals surface area contributed by atoms with Crippen molar-refractivity contribution in [2.75, 3.05) is 18.5 Å². The second kappa shape index (κ2) is 9.44. The Morgan fingerprint density at radius 1 is 1.30 bits per heavy atom. The van der Waals surface area contributed by atoms with Crippen molar-refractivity contribution in [3.8, 4) is 5.75 Å². The van der Waals surface area contributed by atoms with Crippen molar-refractivity contribution in [1.82, 2.24) is 0 Å². The maximum atomic E-state index is 14.2. The van der Waals surface area contributed by atoms with E-state index in [1.165, 1.54) is 12.1 Å². The molecule has 2 aromatic carbocycles. The van der Waals surface area contributed by atoms with Crippen LogP contribution in [-0.2, 0) is 9.47 Å². The first-order valence-corrected chi connectivity index (χ1v) is 10.5. The average Bonchev–Trinajstić information content (AvgIpc) is 2.99. The van der Waals surface area contributed by atoms with E-state index in [-0.39, 0.29) is 35.4 Å². The minimum Gasteiger partial charge on any atom is -0.493 e. The molecule has 1 aliphatic rings. The first kappa shape index (κ1) is 22.7. The molecule has 2 aromatic rings. The van der Waals surface area contributed by atoms with Crippen molar-refractivity contribution in [1.29, 1.82) is 0 Å². The van der Waals surface area contributed by atoms with E-state index in [2.05, 4.69) is 5.32 Å². The van der Waals surface area contributed by atoms with E-state index in [1.807, 2.05) is 36.4 Å². The van der Waals surface area contributed by atoms with Gasteiger partial charge in [-0.15, -0.1) is 0 Å². The summed E-state index contributed by atoms with van der Waals surface area (Å²) in [6.07, 6.45) is 1.24. The third-order valence-electron chi connectivity index (χ3n) is 4.51. The zero-order chi connectivity index (χ0) is 21.9. The largest absolute Gasteiger partial charge is 0.493 e. The van der Waals surface area contributed by atoms with Crippen LogP contribution in [0.2, 0.25) is 0 Å². The number of halogens is 3. The highest BCUT2D eigenvalue weighted by Gasteiger charge is 2.32. The van der Waals surface area contributed by atoms with Gasteiger partial charge in [-0.3, -0.25) is 4.79 Å². The molecule has 0 aromatic heterocycles. The zero-order valence-corrected chi connectivity index (χ0v) is 18.8.